The number of amides is 1. The van der Waals surface area contributed by atoms with Crippen LogP contribution < -0.4 is 10.2 Å². The molecule has 0 bridgehead atoms. The van der Waals surface area contributed by atoms with E-state index < -0.39 is 0 Å². The number of benzene rings is 3. The highest BCUT2D eigenvalue weighted by atomic mass is 79.9. The second-order valence-electron chi connectivity index (χ2n) is 5.80. The maximum atomic E-state index is 12.5. The summed E-state index contributed by atoms with van der Waals surface area (Å²) in [5.74, 6) is -0.0501. The molecule has 1 amide bonds. The van der Waals surface area contributed by atoms with E-state index in [1.165, 1.54) is 0 Å². The number of hydrogen-bond donors (Lipinski definition) is 1. The Bertz CT molecular complexity index is 865. The molecule has 1 N–H and O–H groups in total. The van der Waals surface area contributed by atoms with E-state index in [1.807, 2.05) is 90.8 Å². The first-order valence-electron chi connectivity index (χ1n) is 8.04. The Hall–Kier alpha value is -2.59. The van der Waals surface area contributed by atoms with Crippen molar-refractivity contribution in [1.29, 1.82) is 0 Å². The molecule has 0 aliphatic carbocycles. The lowest BCUT2D eigenvalue weighted by molar-refractivity contribution is -0.114. The zero-order valence-electron chi connectivity index (χ0n) is 13.9. The van der Waals surface area contributed by atoms with E-state index in [0.717, 1.165) is 27.0 Å². The normalized spacial score (nSPS) is 10.3. The third-order valence-corrected chi connectivity index (χ3v) is 4.41. The lowest BCUT2D eigenvalue weighted by Crippen LogP contribution is -2.30. The molecular weight excluding hydrogens is 376 g/mol. The Balaban J connectivity index is 1.74. The van der Waals surface area contributed by atoms with Crippen LogP contribution in [0.3, 0.4) is 0 Å². The monoisotopic (exact) mass is 394 g/mol. The summed E-state index contributed by atoms with van der Waals surface area (Å²) >= 11 is 3.46. The van der Waals surface area contributed by atoms with E-state index in [-0.39, 0.29) is 12.5 Å². The maximum Gasteiger partial charge on any atom is 0.243 e. The number of hydrogen-bond acceptors (Lipinski definition) is 2. The van der Waals surface area contributed by atoms with Crippen LogP contribution in [0.25, 0.3) is 11.1 Å². The van der Waals surface area contributed by atoms with Gasteiger partial charge in [-0.15, -0.1) is 0 Å². The van der Waals surface area contributed by atoms with Crippen LogP contribution in [0, 0.1) is 0 Å². The zero-order valence-corrected chi connectivity index (χ0v) is 15.5. The topological polar surface area (TPSA) is 32.3 Å². The van der Waals surface area contributed by atoms with Crippen LogP contribution in [0.4, 0.5) is 11.4 Å². The van der Waals surface area contributed by atoms with Crippen LogP contribution in [0.2, 0.25) is 0 Å². The summed E-state index contributed by atoms with van der Waals surface area (Å²) in [5, 5.41) is 3.03. The van der Waals surface area contributed by atoms with E-state index in [0.29, 0.717) is 0 Å². The molecule has 0 radical (unpaired) electrons. The first-order chi connectivity index (χ1) is 12.1. The molecule has 4 heteroatoms. The second kappa shape index (κ2) is 7.99. The number of rotatable bonds is 5. The van der Waals surface area contributed by atoms with Gasteiger partial charge in [0.15, 0.2) is 0 Å². The molecule has 0 spiro atoms. The van der Waals surface area contributed by atoms with Gasteiger partial charge in [0, 0.05) is 28.5 Å². The number of halogens is 1. The molecule has 126 valence electrons. The minimum atomic E-state index is -0.0501. The molecule has 0 saturated heterocycles. The average molecular weight is 395 g/mol. The van der Waals surface area contributed by atoms with Gasteiger partial charge >= 0.3 is 0 Å². The Morgan fingerprint density at radius 2 is 1.68 bits per heavy atom. The van der Waals surface area contributed by atoms with Gasteiger partial charge in [0.1, 0.15) is 0 Å². The predicted octanol–water partition coefficient (Wildman–Crippen LogP) is 5.19. The van der Waals surface area contributed by atoms with Crippen molar-refractivity contribution in [3.63, 3.8) is 0 Å². The number of anilines is 2. The van der Waals surface area contributed by atoms with E-state index in [1.54, 1.807) is 0 Å². The first kappa shape index (κ1) is 17.2. The van der Waals surface area contributed by atoms with Crippen molar-refractivity contribution >= 4 is 33.2 Å². The quantitative estimate of drug-likeness (QED) is 0.645. The fourth-order valence-corrected chi connectivity index (χ4v) is 3.06. The molecule has 3 aromatic carbocycles. The Kier molecular flexibility index (Phi) is 5.51. The van der Waals surface area contributed by atoms with Gasteiger partial charge in [0.2, 0.25) is 5.91 Å². The molecule has 0 saturated carbocycles. The Morgan fingerprint density at radius 1 is 0.960 bits per heavy atom. The molecule has 0 atom stereocenters. The number of nitrogens with zero attached hydrogens (tertiary/aromatic N) is 1. The SMILES string of the molecule is CN(CC(=O)Nc1ccccc1-c1ccccc1)c1cccc(Br)c1. The molecule has 0 heterocycles. The minimum absolute atomic E-state index is 0.0501. The van der Waals surface area contributed by atoms with Gasteiger partial charge < -0.3 is 10.2 Å². The van der Waals surface area contributed by atoms with Crippen LogP contribution in [0.1, 0.15) is 0 Å². The highest BCUT2D eigenvalue weighted by molar-refractivity contribution is 9.10. The molecule has 3 rings (SSSR count). The van der Waals surface area contributed by atoms with Crippen molar-refractivity contribution in [2.24, 2.45) is 0 Å². The lowest BCUT2D eigenvalue weighted by Gasteiger charge is -2.19. The van der Waals surface area contributed by atoms with Crippen molar-refractivity contribution in [2.45, 2.75) is 0 Å². The summed E-state index contributed by atoms with van der Waals surface area (Å²) in [5.41, 5.74) is 3.91. The highest BCUT2D eigenvalue weighted by Gasteiger charge is 2.11. The third kappa shape index (κ3) is 4.48. The molecule has 3 aromatic rings. The van der Waals surface area contributed by atoms with Gasteiger partial charge in [-0.3, -0.25) is 4.79 Å². The van der Waals surface area contributed by atoms with Crippen LogP contribution in [0.5, 0.6) is 0 Å². The maximum absolute atomic E-state index is 12.5. The van der Waals surface area contributed by atoms with Crippen molar-refractivity contribution < 1.29 is 4.79 Å². The zero-order chi connectivity index (χ0) is 17.6. The van der Waals surface area contributed by atoms with E-state index in [2.05, 4.69) is 21.2 Å². The summed E-state index contributed by atoms with van der Waals surface area (Å²) < 4.78 is 0.992. The summed E-state index contributed by atoms with van der Waals surface area (Å²) in [4.78, 5) is 14.4. The van der Waals surface area contributed by atoms with Gasteiger partial charge in [-0.2, -0.15) is 0 Å². The van der Waals surface area contributed by atoms with E-state index in [9.17, 15) is 4.79 Å². The Labute approximate surface area is 156 Å². The molecular formula is C21H19BrN2O. The predicted molar refractivity (Wildman–Crippen MR) is 108 cm³/mol. The van der Waals surface area contributed by atoms with Crippen molar-refractivity contribution in [2.75, 3.05) is 23.8 Å². The number of carbonyl (C=O) groups excluding carboxylic acids is 1. The van der Waals surface area contributed by atoms with Crippen LogP contribution in [0.15, 0.2) is 83.3 Å². The van der Waals surface area contributed by atoms with Gasteiger partial charge in [-0.05, 0) is 29.8 Å². The van der Waals surface area contributed by atoms with Gasteiger partial charge in [-0.25, -0.2) is 0 Å². The summed E-state index contributed by atoms with van der Waals surface area (Å²) in [7, 11) is 1.91. The number of carbonyl (C=O) groups is 1. The van der Waals surface area contributed by atoms with Crippen LogP contribution in [-0.2, 0) is 4.79 Å². The van der Waals surface area contributed by atoms with Gasteiger partial charge in [-0.1, -0.05) is 70.5 Å². The van der Waals surface area contributed by atoms with Crippen molar-refractivity contribution in [3.05, 3.63) is 83.3 Å². The summed E-state index contributed by atoms with van der Waals surface area (Å²) in [6.07, 6.45) is 0. The standard InChI is InChI=1S/C21H19BrN2O/c1-24(18-11-7-10-17(22)14-18)15-21(25)23-20-13-6-5-12-19(20)16-8-3-2-4-9-16/h2-14H,15H2,1H3,(H,23,25). The molecule has 0 aliphatic heterocycles. The first-order valence-corrected chi connectivity index (χ1v) is 8.84. The second-order valence-corrected chi connectivity index (χ2v) is 6.71. The molecule has 3 nitrogen and oxygen atoms in total. The summed E-state index contributed by atoms with van der Waals surface area (Å²) in [6, 6.07) is 25.8. The van der Waals surface area contributed by atoms with E-state index >= 15 is 0 Å². The van der Waals surface area contributed by atoms with Crippen LogP contribution in [-0.4, -0.2) is 19.5 Å². The Morgan fingerprint density at radius 3 is 2.44 bits per heavy atom. The van der Waals surface area contributed by atoms with Crippen molar-refractivity contribution in [1.82, 2.24) is 0 Å². The third-order valence-electron chi connectivity index (χ3n) is 3.92. The summed E-state index contributed by atoms with van der Waals surface area (Å²) in [6.45, 7) is 0.277. The highest BCUT2D eigenvalue weighted by Crippen LogP contribution is 2.27. The smallest absolute Gasteiger partial charge is 0.243 e. The van der Waals surface area contributed by atoms with Crippen molar-refractivity contribution in [3.8, 4) is 11.1 Å². The average Bonchev–Trinajstić information content (AvgIpc) is 2.63. The van der Waals surface area contributed by atoms with Crippen LogP contribution >= 0.6 is 15.9 Å². The lowest BCUT2D eigenvalue weighted by atomic mass is 10.0. The number of likely N-dealkylation sites (N-methyl/N-ethyl adjacent to an activating group) is 1. The molecule has 0 aromatic heterocycles. The molecule has 0 aliphatic rings. The largest absolute Gasteiger partial charge is 0.365 e. The number of nitrogens with one attached hydrogen (secondary N) is 1. The fourth-order valence-electron chi connectivity index (χ4n) is 2.67. The van der Waals surface area contributed by atoms with Gasteiger partial charge in [0.25, 0.3) is 0 Å². The fraction of sp³-hybridized carbons (Fsp3) is 0.0952. The minimum Gasteiger partial charge on any atom is -0.365 e. The molecule has 0 fully saturated rings. The van der Waals surface area contributed by atoms with E-state index in [4.69, 9.17) is 0 Å². The molecule has 0 unspecified atom stereocenters. The molecule has 25 heavy (non-hydrogen) atoms. The van der Waals surface area contributed by atoms with Gasteiger partial charge in [0.05, 0.1) is 6.54 Å². The number of para-hydroxylation sites is 1.